The summed E-state index contributed by atoms with van der Waals surface area (Å²) in [6.07, 6.45) is 71.0. The molecule has 376 valence electrons. The fourth-order valence-electron chi connectivity index (χ4n) is 7.27. The van der Waals surface area contributed by atoms with Crippen molar-refractivity contribution in [3.63, 3.8) is 0 Å². The third kappa shape index (κ3) is 51.3. The lowest BCUT2D eigenvalue weighted by Gasteiger charge is -2.18. The molecule has 0 amide bonds. The second kappa shape index (κ2) is 53.9. The number of esters is 3. The van der Waals surface area contributed by atoms with Crippen LogP contribution in [-0.4, -0.2) is 37.2 Å². The van der Waals surface area contributed by atoms with Crippen LogP contribution >= 0.6 is 0 Å². The summed E-state index contributed by atoms with van der Waals surface area (Å²) >= 11 is 0. The highest BCUT2D eigenvalue weighted by atomic mass is 16.6. The highest BCUT2D eigenvalue weighted by molar-refractivity contribution is 5.71. The van der Waals surface area contributed by atoms with Crippen molar-refractivity contribution < 1.29 is 28.6 Å². The molecular formula is C60H100O6. The number of rotatable bonds is 48. The van der Waals surface area contributed by atoms with Crippen LogP contribution in [0.15, 0.2) is 97.2 Å². The number of unbranched alkanes of at least 4 members (excludes halogenated alkanes) is 21. The maximum atomic E-state index is 12.8. The van der Waals surface area contributed by atoms with Gasteiger partial charge >= 0.3 is 17.9 Å². The number of hydrogen-bond acceptors (Lipinski definition) is 6. The van der Waals surface area contributed by atoms with E-state index in [0.29, 0.717) is 19.3 Å². The van der Waals surface area contributed by atoms with E-state index in [1.165, 1.54) is 57.8 Å². The van der Waals surface area contributed by atoms with E-state index in [1.807, 2.05) is 0 Å². The van der Waals surface area contributed by atoms with Gasteiger partial charge in [0.25, 0.3) is 0 Å². The van der Waals surface area contributed by atoms with Crippen LogP contribution in [-0.2, 0) is 28.6 Å². The number of carbonyl (C=O) groups is 3. The first-order valence-electron chi connectivity index (χ1n) is 27.2. The zero-order chi connectivity index (χ0) is 47.9. The van der Waals surface area contributed by atoms with E-state index in [9.17, 15) is 14.4 Å². The molecule has 0 bridgehead atoms. The van der Waals surface area contributed by atoms with Crippen LogP contribution in [0.5, 0.6) is 0 Å². The van der Waals surface area contributed by atoms with Crippen molar-refractivity contribution in [2.75, 3.05) is 13.2 Å². The standard InChI is InChI=1S/C60H100O6/c1-4-7-10-13-16-19-22-25-28-30-33-35-38-41-44-47-50-53-59(62)65-56-57(55-64-58(61)52-49-46-43-40-37-34-31-27-24-21-18-15-12-9-6-3)66-60(63)54-51-48-45-42-39-36-32-29-26-23-20-17-14-11-8-5-2/h7,9-10,12,16,18-21,23,25,27-29,31-32,57H,4-6,8,11,13-15,17,22,24,26,30,33-56H2,1-3H3/b10-7-,12-9-,19-16-,21-18-,23-20-,28-25-,31-27-,32-29-. The quantitative estimate of drug-likeness (QED) is 0.0262. The molecule has 0 fully saturated rings. The molecule has 0 rings (SSSR count). The molecule has 0 saturated carbocycles. The van der Waals surface area contributed by atoms with Crippen LogP contribution < -0.4 is 0 Å². The van der Waals surface area contributed by atoms with Gasteiger partial charge in [0.1, 0.15) is 13.2 Å². The Balaban J connectivity index is 4.46. The molecule has 0 aromatic carbocycles. The first-order valence-corrected chi connectivity index (χ1v) is 27.2. The average molecular weight is 917 g/mol. The van der Waals surface area contributed by atoms with Gasteiger partial charge < -0.3 is 14.2 Å². The maximum Gasteiger partial charge on any atom is 0.306 e. The van der Waals surface area contributed by atoms with E-state index in [-0.39, 0.29) is 31.1 Å². The summed E-state index contributed by atoms with van der Waals surface area (Å²) in [4.78, 5) is 38.1. The van der Waals surface area contributed by atoms with Crippen LogP contribution in [0.3, 0.4) is 0 Å². The fraction of sp³-hybridized carbons (Fsp3) is 0.683. The van der Waals surface area contributed by atoms with Gasteiger partial charge in [-0.05, 0) is 116 Å². The maximum absolute atomic E-state index is 12.8. The fourth-order valence-corrected chi connectivity index (χ4v) is 7.27. The molecule has 6 nitrogen and oxygen atoms in total. The third-order valence-corrected chi connectivity index (χ3v) is 11.3. The molecular weight excluding hydrogens is 817 g/mol. The predicted molar refractivity (Wildman–Crippen MR) is 284 cm³/mol. The van der Waals surface area contributed by atoms with Crippen LogP contribution in [0, 0.1) is 0 Å². The van der Waals surface area contributed by atoms with Crippen molar-refractivity contribution in [2.45, 2.75) is 252 Å². The summed E-state index contributed by atoms with van der Waals surface area (Å²) in [6, 6.07) is 0. The summed E-state index contributed by atoms with van der Waals surface area (Å²) in [6.45, 7) is 6.36. The van der Waals surface area contributed by atoms with E-state index in [2.05, 4.69) is 118 Å². The summed E-state index contributed by atoms with van der Waals surface area (Å²) in [7, 11) is 0. The van der Waals surface area contributed by atoms with Crippen LogP contribution in [0.25, 0.3) is 0 Å². The van der Waals surface area contributed by atoms with Crippen molar-refractivity contribution in [1.82, 2.24) is 0 Å². The molecule has 0 aromatic rings. The molecule has 0 aliphatic heterocycles. The minimum Gasteiger partial charge on any atom is -0.462 e. The van der Waals surface area contributed by atoms with Crippen molar-refractivity contribution in [3.8, 4) is 0 Å². The molecule has 0 radical (unpaired) electrons. The Morgan fingerprint density at radius 3 is 0.924 bits per heavy atom. The summed E-state index contributed by atoms with van der Waals surface area (Å²) in [5.41, 5.74) is 0. The molecule has 0 aliphatic rings. The highest BCUT2D eigenvalue weighted by Gasteiger charge is 2.19. The van der Waals surface area contributed by atoms with Gasteiger partial charge in [0.2, 0.25) is 0 Å². The van der Waals surface area contributed by atoms with Gasteiger partial charge in [0.15, 0.2) is 6.10 Å². The monoisotopic (exact) mass is 917 g/mol. The van der Waals surface area contributed by atoms with E-state index in [0.717, 1.165) is 148 Å². The molecule has 0 aromatic heterocycles. The molecule has 1 atom stereocenters. The Labute approximate surface area is 407 Å². The highest BCUT2D eigenvalue weighted by Crippen LogP contribution is 2.14. The van der Waals surface area contributed by atoms with Gasteiger partial charge in [-0.3, -0.25) is 14.4 Å². The number of carbonyl (C=O) groups excluding carboxylic acids is 3. The van der Waals surface area contributed by atoms with E-state index in [1.54, 1.807) is 0 Å². The molecule has 6 heteroatoms. The topological polar surface area (TPSA) is 78.9 Å². The molecule has 0 N–H and O–H groups in total. The van der Waals surface area contributed by atoms with Gasteiger partial charge in [-0.15, -0.1) is 0 Å². The molecule has 0 aliphatic carbocycles. The SMILES string of the molecule is CC/C=C\C/C=C\C/C=C\CCCCCCCCCC(=O)OCC(COC(=O)CCCCCCC/C=C\C/C=C\C/C=C\CC)OC(=O)CCCCCCC/C=C\C/C=C\CCCCCC. The van der Waals surface area contributed by atoms with Gasteiger partial charge in [-0.1, -0.05) is 208 Å². The van der Waals surface area contributed by atoms with Crippen molar-refractivity contribution in [1.29, 1.82) is 0 Å². The van der Waals surface area contributed by atoms with Crippen LogP contribution in [0.2, 0.25) is 0 Å². The molecule has 0 heterocycles. The minimum absolute atomic E-state index is 0.0950. The lowest BCUT2D eigenvalue weighted by Crippen LogP contribution is -2.30. The molecule has 0 spiro atoms. The van der Waals surface area contributed by atoms with Gasteiger partial charge in [0.05, 0.1) is 0 Å². The third-order valence-electron chi connectivity index (χ3n) is 11.3. The normalized spacial score (nSPS) is 12.8. The van der Waals surface area contributed by atoms with Crippen molar-refractivity contribution in [2.24, 2.45) is 0 Å². The Morgan fingerprint density at radius 2 is 0.591 bits per heavy atom. The zero-order valence-electron chi connectivity index (χ0n) is 42.9. The Morgan fingerprint density at radius 1 is 0.318 bits per heavy atom. The second-order valence-corrected chi connectivity index (χ2v) is 17.7. The Bertz CT molecular complexity index is 1330. The van der Waals surface area contributed by atoms with Crippen molar-refractivity contribution >= 4 is 17.9 Å². The smallest absolute Gasteiger partial charge is 0.306 e. The molecule has 0 saturated heterocycles. The van der Waals surface area contributed by atoms with E-state index < -0.39 is 6.10 Å². The largest absolute Gasteiger partial charge is 0.462 e. The predicted octanol–water partition coefficient (Wildman–Crippen LogP) is 18.1. The summed E-state index contributed by atoms with van der Waals surface area (Å²) in [5, 5.41) is 0. The second-order valence-electron chi connectivity index (χ2n) is 17.7. The molecule has 1 unspecified atom stereocenters. The summed E-state index contributed by atoms with van der Waals surface area (Å²) in [5.74, 6) is -0.935. The van der Waals surface area contributed by atoms with Gasteiger partial charge in [-0.25, -0.2) is 0 Å². The van der Waals surface area contributed by atoms with Crippen molar-refractivity contribution in [3.05, 3.63) is 97.2 Å². The lowest BCUT2D eigenvalue weighted by atomic mass is 10.1. The number of ether oxygens (including phenoxy) is 3. The van der Waals surface area contributed by atoms with E-state index >= 15 is 0 Å². The minimum atomic E-state index is -0.797. The first kappa shape index (κ1) is 62.3. The van der Waals surface area contributed by atoms with Gasteiger partial charge in [-0.2, -0.15) is 0 Å². The van der Waals surface area contributed by atoms with Gasteiger partial charge in [0, 0.05) is 19.3 Å². The summed E-state index contributed by atoms with van der Waals surface area (Å²) < 4.78 is 16.8. The number of hydrogen-bond donors (Lipinski definition) is 0. The lowest BCUT2D eigenvalue weighted by molar-refractivity contribution is -0.167. The van der Waals surface area contributed by atoms with Crippen LogP contribution in [0.1, 0.15) is 245 Å². The van der Waals surface area contributed by atoms with E-state index in [4.69, 9.17) is 14.2 Å². The van der Waals surface area contributed by atoms with Crippen LogP contribution in [0.4, 0.5) is 0 Å². The average Bonchev–Trinajstić information content (AvgIpc) is 3.31. The first-order chi connectivity index (χ1) is 32.5. The Hall–Kier alpha value is -3.67. The Kier molecular flexibility index (Phi) is 50.9. The number of allylic oxidation sites excluding steroid dienone is 16. The zero-order valence-corrected chi connectivity index (χ0v) is 42.9. The molecule has 66 heavy (non-hydrogen) atoms.